The van der Waals surface area contributed by atoms with Crippen LogP contribution in [-0.4, -0.2) is 41.8 Å². The van der Waals surface area contributed by atoms with Crippen molar-refractivity contribution in [2.24, 2.45) is 11.8 Å². The van der Waals surface area contributed by atoms with Gasteiger partial charge in [-0.2, -0.15) is 0 Å². The highest BCUT2D eigenvalue weighted by Gasteiger charge is 2.33. The first kappa shape index (κ1) is 17.7. The van der Waals surface area contributed by atoms with Crippen LogP contribution in [0, 0.1) is 11.8 Å². The molecule has 6 heteroatoms. The van der Waals surface area contributed by atoms with Gasteiger partial charge in [0.15, 0.2) is 5.82 Å². The summed E-state index contributed by atoms with van der Waals surface area (Å²) in [4.78, 5) is 34.4. The fourth-order valence-corrected chi connectivity index (χ4v) is 4.11. The molecule has 2 unspecified atom stereocenters. The Labute approximate surface area is 159 Å². The largest absolute Gasteiger partial charge is 0.319 e. The van der Waals surface area contributed by atoms with Crippen molar-refractivity contribution in [1.82, 2.24) is 9.88 Å². The van der Waals surface area contributed by atoms with E-state index in [-0.39, 0.29) is 11.8 Å². The molecule has 0 saturated carbocycles. The highest BCUT2D eigenvalue weighted by Crippen LogP contribution is 2.38. The Morgan fingerprint density at radius 1 is 1.26 bits per heavy atom. The van der Waals surface area contributed by atoms with E-state index in [1.165, 1.54) is 0 Å². The molecule has 140 valence electrons. The molecular weight excluding hydrogens is 340 g/mol. The van der Waals surface area contributed by atoms with Crippen LogP contribution in [0.2, 0.25) is 0 Å². The summed E-state index contributed by atoms with van der Waals surface area (Å²) in [5, 5.41) is 2.88. The van der Waals surface area contributed by atoms with E-state index in [1.807, 2.05) is 18.2 Å². The third-order valence-corrected chi connectivity index (χ3v) is 5.61. The van der Waals surface area contributed by atoms with E-state index in [0.29, 0.717) is 41.0 Å². The SMILES string of the molecule is CC1CN(C)CCC1CC(=O)N1c2ccccc2C(=O)Nc2cccnc21. The molecule has 1 aromatic carbocycles. The molecule has 27 heavy (non-hydrogen) atoms. The molecule has 1 saturated heterocycles. The fourth-order valence-electron chi connectivity index (χ4n) is 4.11. The number of carbonyl (C=O) groups is 2. The number of amides is 2. The molecule has 2 amide bonds. The summed E-state index contributed by atoms with van der Waals surface area (Å²) in [5.41, 5.74) is 1.64. The second-order valence-electron chi connectivity index (χ2n) is 7.57. The van der Waals surface area contributed by atoms with Crippen molar-refractivity contribution < 1.29 is 9.59 Å². The van der Waals surface area contributed by atoms with Gasteiger partial charge in [-0.15, -0.1) is 0 Å². The number of fused-ring (bicyclic) bond motifs is 2. The maximum absolute atomic E-state index is 13.4. The molecule has 2 aliphatic heterocycles. The Kier molecular flexibility index (Phi) is 4.66. The number of pyridine rings is 1. The summed E-state index contributed by atoms with van der Waals surface area (Å²) in [6, 6.07) is 10.8. The number of likely N-dealkylation sites (tertiary alicyclic amines) is 1. The predicted octanol–water partition coefficient (Wildman–Crippen LogP) is 3.29. The number of hydrogen-bond acceptors (Lipinski definition) is 4. The number of piperidine rings is 1. The van der Waals surface area contributed by atoms with Crippen LogP contribution in [0.1, 0.15) is 30.1 Å². The minimum absolute atomic E-state index is 0.0136. The molecule has 0 spiro atoms. The van der Waals surface area contributed by atoms with Gasteiger partial charge in [0.1, 0.15) is 0 Å². The third kappa shape index (κ3) is 3.32. The maximum Gasteiger partial charge on any atom is 0.257 e. The first-order valence-corrected chi connectivity index (χ1v) is 9.41. The lowest BCUT2D eigenvalue weighted by Crippen LogP contribution is -2.39. The normalized spacial score (nSPS) is 22.4. The minimum Gasteiger partial charge on any atom is -0.319 e. The first-order chi connectivity index (χ1) is 13.0. The molecule has 1 fully saturated rings. The second-order valence-corrected chi connectivity index (χ2v) is 7.57. The number of aromatic nitrogens is 1. The van der Waals surface area contributed by atoms with Crippen LogP contribution in [0.4, 0.5) is 17.2 Å². The van der Waals surface area contributed by atoms with Crippen LogP contribution in [-0.2, 0) is 4.79 Å². The Balaban J connectivity index is 1.71. The second kappa shape index (κ2) is 7.12. The van der Waals surface area contributed by atoms with Crippen LogP contribution in [0.3, 0.4) is 0 Å². The lowest BCUT2D eigenvalue weighted by Gasteiger charge is -2.35. The third-order valence-electron chi connectivity index (χ3n) is 5.61. The first-order valence-electron chi connectivity index (χ1n) is 9.41. The molecule has 2 aliphatic rings. The van der Waals surface area contributed by atoms with Crippen molar-refractivity contribution in [2.45, 2.75) is 19.8 Å². The number of nitrogens with zero attached hydrogens (tertiary/aromatic N) is 3. The van der Waals surface area contributed by atoms with Gasteiger partial charge in [0, 0.05) is 19.2 Å². The molecule has 1 aromatic heterocycles. The summed E-state index contributed by atoms with van der Waals surface area (Å²) < 4.78 is 0. The molecule has 3 heterocycles. The van der Waals surface area contributed by atoms with Gasteiger partial charge in [0.2, 0.25) is 5.91 Å². The highest BCUT2D eigenvalue weighted by atomic mass is 16.2. The van der Waals surface area contributed by atoms with Gasteiger partial charge in [0.05, 0.1) is 16.9 Å². The summed E-state index contributed by atoms with van der Waals surface area (Å²) in [7, 11) is 2.12. The lowest BCUT2D eigenvalue weighted by molar-refractivity contribution is -0.119. The molecule has 4 rings (SSSR count). The van der Waals surface area contributed by atoms with Crippen LogP contribution in [0.5, 0.6) is 0 Å². The number of nitrogens with one attached hydrogen (secondary N) is 1. The van der Waals surface area contributed by atoms with Crippen molar-refractivity contribution in [3.05, 3.63) is 48.2 Å². The van der Waals surface area contributed by atoms with Crippen molar-refractivity contribution >= 4 is 29.0 Å². The summed E-state index contributed by atoms with van der Waals surface area (Å²) in [5.74, 6) is 1.04. The van der Waals surface area contributed by atoms with Gasteiger partial charge in [-0.3, -0.25) is 14.5 Å². The number of para-hydroxylation sites is 1. The molecule has 6 nitrogen and oxygen atoms in total. The molecule has 0 aliphatic carbocycles. The smallest absolute Gasteiger partial charge is 0.257 e. The Hall–Kier alpha value is -2.73. The zero-order valence-corrected chi connectivity index (χ0v) is 15.7. The number of hydrogen-bond donors (Lipinski definition) is 1. The Morgan fingerprint density at radius 3 is 2.89 bits per heavy atom. The molecule has 1 N–H and O–H groups in total. The summed E-state index contributed by atoms with van der Waals surface area (Å²) >= 11 is 0. The van der Waals surface area contributed by atoms with E-state index in [9.17, 15) is 9.59 Å². The van der Waals surface area contributed by atoms with Crippen LogP contribution >= 0.6 is 0 Å². The topological polar surface area (TPSA) is 65.5 Å². The Morgan fingerprint density at radius 2 is 2.07 bits per heavy atom. The van der Waals surface area contributed by atoms with Crippen LogP contribution < -0.4 is 10.2 Å². The quantitative estimate of drug-likeness (QED) is 0.888. The van der Waals surface area contributed by atoms with Crippen molar-refractivity contribution in [3.63, 3.8) is 0 Å². The van der Waals surface area contributed by atoms with E-state index in [1.54, 1.807) is 29.3 Å². The molecule has 0 radical (unpaired) electrons. The Bertz CT molecular complexity index is 882. The number of benzene rings is 1. The van der Waals surface area contributed by atoms with Crippen molar-refractivity contribution in [3.8, 4) is 0 Å². The van der Waals surface area contributed by atoms with Crippen molar-refractivity contribution in [1.29, 1.82) is 0 Å². The highest BCUT2D eigenvalue weighted by molar-refractivity contribution is 6.17. The zero-order chi connectivity index (χ0) is 19.0. The minimum atomic E-state index is -0.220. The van der Waals surface area contributed by atoms with Gasteiger partial charge < -0.3 is 10.2 Å². The summed E-state index contributed by atoms with van der Waals surface area (Å²) in [6.07, 6.45) is 3.11. The van der Waals surface area contributed by atoms with E-state index < -0.39 is 0 Å². The lowest BCUT2D eigenvalue weighted by atomic mass is 9.84. The fraction of sp³-hybridized carbons (Fsp3) is 0.381. The molecule has 2 aromatic rings. The monoisotopic (exact) mass is 364 g/mol. The van der Waals surface area contributed by atoms with Gasteiger partial charge >= 0.3 is 0 Å². The van der Waals surface area contributed by atoms with Crippen LogP contribution in [0.25, 0.3) is 0 Å². The number of carbonyl (C=O) groups excluding carboxylic acids is 2. The zero-order valence-electron chi connectivity index (χ0n) is 15.7. The van der Waals surface area contributed by atoms with Crippen LogP contribution in [0.15, 0.2) is 42.6 Å². The van der Waals surface area contributed by atoms with E-state index in [4.69, 9.17) is 0 Å². The van der Waals surface area contributed by atoms with E-state index in [2.05, 4.69) is 29.2 Å². The maximum atomic E-state index is 13.4. The molecule has 2 atom stereocenters. The average molecular weight is 364 g/mol. The van der Waals surface area contributed by atoms with Crippen molar-refractivity contribution in [2.75, 3.05) is 30.4 Å². The average Bonchev–Trinajstić information content (AvgIpc) is 2.78. The van der Waals surface area contributed by atoms with Gasteiger partial charge in [0.25, 0.3) is 5.91 Å². The van der Waals surface area contributed by atoms with E-state index >= 15 is 0 Å². The predicted molar refractivity (Wildman–Crippen MR) is 105 cm³/mol. The van der Waals surface area contributed by atoms with Gasteiger partial charge in [-0.1, -0.05) is 19.1 Å². The standard InChI is InChI=1S/C21H24N4O2/c1-14-13-24(2)11-9-15(14)12-19(26)25-18-8-4-3-6-16(18)21(27)23-17-7-5-10-22-20(17)25/h3-8,10,14-15H,9,11-13H2,1-2H3,(H,23,27). The summed E-state index contributed by atoms with van der Waals surface area (Å²) in [6.45, 7) is 4.22. The van der Waals surface area contributed by atoms with Gasteiger partial charge in [-0.25, -0.2) is 4.98 Å². The molecular formula is C21H24N4O2. The van der Waals surface area contributed by atoms with Gasteiger partial charge in [-0.05, 0) is 56.1 Å². The van der Waals surface area contributed by atoms with E-state index in [0.717, 1.165) is 19.5 Å². The number of anilines is 3. The molecule has 0 bridgehead atoms. The number of rotatable bonds is 2.